The number of hydrogen-bond acceptors (Lipinski definition) is 8. The fourth-order valence-electron chi connectivity index (χ4n) is 2.98. The first kappa shape index (κ1) is 22.4. The van der Waals surface area contributed by atoms with Gasteiger partial charge in [0.25, 0.3) is 0 Å². The molecule has 0 radical (unpaired) electrons. The molecular formula is C23H18F2N2O5S. The number of esters is 1. The quantitative estimate of drug-likeness (QED) is 0.340. The lowest BCUT2D eigenvalue weighted by molar-refractivity contribution is -0.129. The fraction of sp³-hybridized carbons (Fsp3) is 0.174. The number of carbonyl (C=O) groups excluding carboxylic acids is 1. The summed E-state index contributed by atoms with van der Waals surface area (Å²) in [4.78, 5) is 20.8. The van der Waals surface area contributed by atoms with E-state index >= 15 is 0 Å². The maximum Gasteiger partial charge on any atom is 0.387 e. The third-order valence-corrected chi connectivity index (χ3v) is 5.31. The molecule has 2 aromatic carbocycles. The van der Waals surface area contributed by atoms with Crippen molar-refractivity contribution in [1.82, 2.24) is 4.98 Å². The summed E-state index contributed by atoms with van der Waals surface area (Å²) < 4.78 is 45.4. The van der Waals surface area contributed by atoms with Gasteiger partial charge in [-0.2, -0.15) is 8.78 Å². The van der Waals surface area contributed by atoms with E-state index in [0.29, 0.717) is 17.9 Å². The Morgan fingerprint density at radius 2 is 1.94 bits per heavy atom. The second-order valence-corrected chi connectivity index (χ2v) is 7.86. The Balaban J connectivity index is 1.47. The Hall–Kier alpha value is -3.79. The van der Waals surface area contributed by atoms with Crippen molar-refractivity contribution < 1.29 is 32.5 Å². The van der Waals surface area contributed by atoms with E-state index in [9.17, 15) is 13.6 Å². The average Bonchev–Trinajstić information content (AvgIpc) is 3.38. The molecule has 0 aliphatic carbocycles. The highest BCUT2D eigenvalue weighted by Gasteiger charge is 2.25. The van der Waals surface area contributed by atoms with Gasteiger partial charge in [0.15, 0.2) is 17.2 Å². The molecule has 33 heavy (non-hydrogen) atoms. The van der Waals surface area contributed by atoms with Gasteiger partial charge in [-0.3, -0.25) is 0 Å². The molecule has 1 aliphatic rings. The molecule has 0 fully saturated rings. The van der Waals surface area contributed by atoms with Gasteiger partial charge in [-0.25, -0.2) is 14.8 Å². The summed E-state index contributed by atoms with van der Waals surface area (Å²) in [6.45, 7) is -0.685. The van der Waals surface area contributed by atoms with Crippen molar-refractivity contribution in [3.8, 4) is 17.2 Å². The number of hydrogen-bond donors (Lipinski definition) is 0. The molecule has 0 atom stereocenters. The van der Waals surface area contributed by atoms with Crippen molar-refractivity contribution in [3.63, 3.8) is 0 Å². The van der Waals surface area contributed by atoms with Crippen LogP contribution in [0.3, 0.4) is 0 Å². The number of aromatic nitrogens is 1. The Morgan fingerprint density at radius 3 is 2.61 bits per heavy atom. The van der Waals surface area contributed by atoms with E-state index in [0.717, 1.165) is 16.3 Å². The van der Waals surface area contributed by atoms with Gasteiger partial charge in [-0.05, 0) is 48.9 Å². The summed E-state index contributed by atoms with van der Waals surface area (Å²) in [5, 5.41) is 2.93. The molecule has 0 spiro atoms. The van der Waals surface area contributed by atoms with E-state index in [4.69, 9.17) is 14.2 Å². The van der Waals surface area contributed by atoms with Gasteiger partial charge in [0.2, 0.25) is 5.90 Å². The SMILES string of the molecule is COc1cc(C2=NC(=Cc3ccc(OCc4csc(C)n4)cc3)C(=O)O2)ccc1OC(F)F. The lowest BCUT2D eigenvalue weighted by atomic mass is 10.2. The number of nitrogens with zero attached hydrogens (tertiary/aromatic N) is 2. The number of carbonyl (C=O) groups is 1. The van der Waals surface area contributed by atoms with Crippen LogP contribution in [-0.4, -0.2) is 30.6 Å². The standard InChI is InChI=1S/C23H18F2N2O5S/c1-13-26-16(12-33-13)11-30-17-6-3-14(4-7-17)9-18-22(28)32-21(27-18)15-5-8-19(31-23(24)25)20(10-15)29-2/h3-10,12,23H,11H2,1-2H3. The van der Waals surface area contributed by atoms with Crippen LogP contribution in [-0.2, 0) is 16.1 Å². The van der Waals surface area contributed by atoms with Crippen molar-refractivity contribution in [3.05, 3.63) is 75.4 Å². The molecule has 4 rings (SSSR count). The van der Waals surface area contributed by atoms with Gasteiger partial charge in [0.05, 0.1) is 17.8 Å². The van der Waals surface area contributed by atoms with E-state index in [1.807, 2.05) is 12.3 Å². The minimum absolute atomic E-state index is 0.0339. The molecule has 3 aromatic rings. The minimum atomic E-state index is -2.99. The fourth-order valence-corrected chi connectivity index (χ4v) is 3.57. The number of thiazole rings is 1. The van der Waals surface area contributed by atoms with Crippen LogP contribution in [0.15, 0.2) is 58.5 Å². The van der Waals surface area contributed by atoms with Crippen LogP contribution >= 0.6 is 11.3 Å². The first-order valence-corrected chi connectivity index (χ1v) is 10.6. The molecule has 0 unspecified atom stereocenters. The van der Waals surface area contributed by atoms with E-state index in [2.05, 4.69) is 14.7 Å². The molecule has 0 bridgehead atoms. The number of alkyl halides is 2. The lowest BCUT2D eigenvalue weighted by Crippen LogP contribution is -2.07. The number of rotatable bonds is 8. The molecule has 0 saturated carbocycles. The number of halogens is 2. The largest absolute Gasteiger partial charge is 0.493 e. The molecular weight excluding hydrogens is 454 g/mol. The number of ether oxygens (including phenoxy) is 4. The van der Waals surface area contributed by atoms with Gasteiger partial charge in [-0.15, -0.1) is 11.3 Å². The third-order valence-electron chi connectivity index (χ3n) is 4.48. The third kappa shape index (κ3) is 5.53. The lowest BCUT2D eigenvalue weighted by Gasteiger charge is -2.10. The van der Waals surface area contributed by atoms with Crippen molar-refractivity contribution in [2.45, 2.75) is 20.1 Å². The Morgan fingerprint density at radius 1 is 1.15 bits per heavy atom. The van der Waals surface area contributed by atoms with E-state index in [-0.39, 0.29) is 23.1 Å². The molecule has 10 heteroatoms. The molecule has 2 heterocycles. The molecule has 170 valence electrons. The number of methoxy groups -OCH3 is 1. The molecule has 1 aliphatic heterocycles. The van der Waals surface area contributed by atoms with Crippen LogP contribution in [0.5, 0.6) is 17.2 Å². The van der Waals surface area contributed by atoms with Crippen LogP contribution in [0.2, 0.25) is 0 Å². The predicted molar refractivity (Wildman–Crippen MR) is 118 cm³/mol. The number of benzene rings is 2. The summed E-state index contributed by atoms with van der Waals surface area (Å²) in [6.07, 6.45) is 1.58. The summed E-state index contributed by atoms with van der Waals surface area (Å²) in [7, 11) is 1.32. The van der Waals surface area contributed by atoms with Gasteiger partial charge in [-0.1, -0.05) is 12.1 Å². The van der Waals surface area contributed by atoms with Crippen LogP contribution in [0.4, 0.5) is 8.78 Å². The van der Waals surface area contributed by atoms with Crippen LogP contribution in [0.25, 0.3) is 6.08 Å². The van der Waals surface area contributed by atoms with Crippen LogP contribution < -0.4 is 14.2 Å². The van der Waals surface area contributed by atoms with Crippen molar-refractivity contribution in [2.24, 2.45) is 4.99 Å². The highest BCUT2D eigenvalue weighted by molar-refractivity contribution is 7.09. The maximum atomic E-state index is 12.5. The zero-order valence-electron chi connectivity index (χ0n) is 17.6. The topological polar surface area (TPSA) is 79.2 Å². The first-order valence-electron chi connectivity index (χ1n) is 9.71. The first-order chi connectivity index (χ1) is 15.9. The summed E-state index contributed by atoms with van der Waals surface area (Å²) >= 11 is 1.56. The average molecular weight is 472 g/mol. The van der Waals surface area contributed by atoms with Crippen LogP contribution in [0.1, 0.15) is 21.8 Å². The van der Waals surface area contributed by atoms with E-state index in [1.165, 1.54) is 25.3 Å². The second kappa shape index (κ2) is 9.78. The highest BCUT2D eigenvalue weighted by Crippen LogP contribution is 2.31. The van der Waals surface area contributed by atoms with Gasteiger partial charge >= 0.3 is 12.6 Å². The molecule has 1 aromatic heterocycles. The van der Waals surface area contributed by atoms with Gasteiger partial charge in [0, 0.05) is 10.9 Å². The van der Waals surface area contributed by atoms with Crippen molar-refractivity contribution in [2.75, 3.05) is 7.11 Å². The van der Waals surface area contributed by atoms with Crippen molar-refractivity contribution >= 4 is 29.3 Å². The summed E-state index contributed by atoms with van der Waals surface area (Å²) in [5.41, 5.74) is 2.07. The molecule has 0 N–H and O–H groups in total. The predicted octanol–water partition coefficient (Wildman–Crippen LogP) is 4.99. The smallest absolute Gasteiger partial charge is 0.387 e. The number of aryl methyl sites for hydroxylation is 1. The number of aliphatic imine (C=N–C) groups is 1. The Labute approximate surface area is 191 Å². The second-order valence-electron chi connectivity index (χ2n) is 6.80. The zero-order chi connectivity index (χ0) is 23.4. The summed E-state index contributed by atoms with van der Waals surface area (Å²) in [6, 6.07) is 11.3. The van der Waals surface area contributed by atoms with E-state index < -0.39 is 12.6 Å². The molecule has 0 amide bonds. The molecule has 0 saturated heterocycles. The van der Waals surface area contributed by atoms with Crippen LogP contribution in [0, 0.1) is 6.92 Å². The number of cyclic esters (lactones) is 1. The normalized spacial score (nSPS) is 14.4. The van der Waals surface area contributed by atoms with Gasteiger partial charge < -0.3 is 18.9 Å². The highest BCUT2D eigenvalue weighted by atomic mass is 32.1. The Bertz CT molecular complexity index is 1220. The Kier molecular flexibility index (Phi) is 6.64. The minimum Gasteiger partial charge on any atom is -0.493 e. The van der Waals surface area contributed by atoms with Crippen molar-refractivity contribution in [1.29, 1.82) is 0 Å². The molecule has 7 nitrogen and oxygen atoms in total. The maximum absolute atomic E-state index is 12.5. The summed E-state index contributed by atoms with van der Waals surface area (Å²) in [5.74, 6) is -0.00139. The monoisotopic (exact) mass is 472 g/mol. The van der Waals surface area contributed by atoms with Gasteiger partial charge in [0.1, 0.15) is 12.4 Å². The van der Waals surface area contributed by atoms with E-state index in [1.54, 1.807) is 41.7 Å². The zero-order valence-corrected chi connectivity index (χ0v) is 18.4.